The number of imide groups is 1. The third kappa shape index (κ3) is 2.99. The molecule has 1 aromatic heterocycles. The molecule has 0 saturated carbocycles. The molecule has 0 bridgehead atoms. The lowest BCUT2D eigenvalue weighted by molar-refractivity contribution is -0.164. The van der Waals surface area contributed by atoms with Crippen LogP contribution in [0.2, 0.25) is 0 Å². The van der Waals surface area contributed by atoms with E-state index in [0.29, 0.717) is 5.56 Å². The Kier molecular flexibility index (Phi) is 5.12. The summed E-state index contributed by atoms with van der Waals surface area (Å²) in [7, 11) is 2.79. The van der Waals surface area contributed by atoms with Gasteiger partial charge in [-0.3, -0.25) is 29.2 Å². The number of carbonyl (C=O) groups is 3. The number of methoxy groups -OCH3 is 1. The number of nitrogens with zero attached hydrogens (tertiary/aromatic N) is 3. The van der Waals surface area contributed by atoms with E-state index in [9.17, 15) is 19.5 Å². The number of esters is 1. The normalized spacial score (nSPS) is 34.5. The zero-order valence-corrected chi connectivity index (χ0v) is 21.5. The summed E-state index contributed by atoms with van der Waals surface area (Å²) in [6.07, 6.45) is 11.9. The Labute approximate surface area is 225 Å². The maximum absolute atomic E-state index is 14.2. The van der Waals surface area contributed by atoms with Crippen LogP contribution in [0.25, 0.3) is 0 Å². The number of benzene rings is 1. The summed E-state index contributed by atoms with van der Waals surface area (Å²) < 4.78 is 5.49. The van der Waals surface area contributed by atoms with Crippen LogP contribution in [-0.4, -0.2) is 63.4 Å². The van der Waals surface area contributed by atoms with Crippen LogP contribution in [0.5, 0.6) is 5.75 Å². The number of amides is 2. The van der Waals surface area contributed by atoms with Crippen molar-refractivity contribution in [2.75, 3.05) is 14.2 Å². The van der Waals surface area contributed by atoms with Gasteiger partial charge in [0.1, 0.15) is 11.3 Å². The minimum atomic E-state index is -1.48. The van der Waals surface area contributed by atoms with Crippen molar-refractivity contribution in [1.82, 2.24) is 20.1 Å². The highest BCUT2D eigenvalue weighted by atomic mass is 16.5. The van der Waals surface area contributed by atoms with E-state index in [1.165, 1.54) is 14.2 Å². The summed E-state index contributed by atoms with van der Waals surface area (Å²) in [6, 6.07) is 9.29. The van der Waals surface area contributed by atoms with Gasteiger partial charge >= 0.3 is 5.97 Å². The second-order valence-corrected chi connectivity index (χ2v) is 10.8. The molecule has 0 radical (unpaired) electrons. The number of nitrogens with one attached hydrogen (secondary N) is 1. The van der Waals surface area contributed by atoms with E-state index < -0.39 is 41.3 Å². The number of aromatic nitrogens is 1. The van der Waals surface area contributed by atoms with E-state index in [2.05, 4.69) is 22.5 Å². The first-order valence-corrected chi connectivity index (χ1v) is 13.1. The summed E-state index contributed by atoms with van der Waals surface area (Å²) in [5.41, 5.74) is 1.77. The summed E-state index contributed by atoms with van der Waals surface area (Å²) in [4.78, 5) is 49.3. The number of carbonyl (C=O) groups excluding carboxylic acids is 3. The highest BCUT2D eigenvalue weighted by molar-refractivity contribution is 6.09. The monoisotopic (exact) mass is 524 g/mol. The minimum absolute atomic E-state index is 0.000322. The van der Waals surface area contributed by atoms with Crippen molar-refractivity contribution in [1.29, 1.82) is 0 Å². The molecular formula is C30H28N4O5. The quantitative estimate of drug-likeness (QED) is 0.465. The maximum atomic E-state index is 14.2. The highest BCUT2D eigenvalue weighted by Crippen LogP contribution is 2.65. The predicted molar refractivity (Wildman–Crippen MR) is 140 cm³/mol. The number of hydrogen-bond acceptors (Lipinski definition) is 8. The number of likely N-dealkylation sites (tertiary alicyclic amines) is 1. The van der Waals surface area contributed by atoms with Gasteiger partial charge in [-0.25, -0.2) is 0 Å². The molecule has 9 nitrogen and oxygen atoms in total. The summed E-state index contributed by atoms with van der Waals surface area (Å²) in [5.74, 6) is -3.22. The third-order valence-electron chi connectivity index (χ3n) is 9.20. The number of allylic oxidation sites excluding steroid dienone is 2. The van der Waals surface area contributed by atoms with Crippen LogP contribution in [0.4, 0.5) is 0 Å². The number of ether oxygens (including phenoxy) is 1. The minimum Gasteiger partial charge on any atom is -0.508 e. The van der Waals surface area contributed by atoms with Crippen LogP contribution in [0, 0.1) is 17.8 Å². The first-order chi connectivity index (χ1) is 18.9. The number of fused-ring (bicyclic) bond motifs is 5. The molecule has 9 heteroatoms. The topological polar surface area (TPSA) is 112 Å². The standard InChI is InChI=1S/C30H28N4O5/c1-33-27(36)22-23(28(33)37)30(29(38)39-2)14-19-17-9-3-5-11-20(17)32-24(19)25(16-8-7-13-31-15-16)34(30)26(22)18-10-4-6-12-21(18)35/h3-13,15,17,20,22-23,25-26,32,35H,14H2,1-2H3/t17?,20?,22-,23-,25-,26-,30-/m1/s1. The largest absolute Gasteiger partial charge is 0.508 e. The molecule has 198 valence electrons. The van der Waals surface area contributed by atoms with E-state index in [4.69, 9.17) is 4.74 Å². The Morgan fingerprint density at radius 1 is 1.13 bits per heavy atom. The van der Waals surface area contributed by atoms with Gasteiger partial charge in [-0.05, 0) is 23.3 Å². The number of para-hydroxylation sites is 1. The molecule has 2 aromatic rings. The molecule has 39 heavy (non-hydrogen) atoms. The molecule has 5 heterocycles. The van der Waals surface area contributed by atoms with Gasteiger partial charge in [-0.2, -0.15) is 0 Å². The summed E-state index contributed by atoms with van der Waals surface area (Å²) in [6.45, 7) is 0. The third-order valence-corrected chi connectivity index (χ3v) is 9.20. The van der Waals surface area contributed by atoms with Crippen LogP contribution in [-0.2, 0) is 19.1 Å². The van der Waals surface area contributed by atoms with Crippen molar-refractivity contribution in [3.8, 4) is 5.75 Å². The van der Waals surface area contributed by atoms with E-state index in [1.54, 1.807) is 36.7 Å². The first kappa shape index (κ1) is 23.8. The van der Waals surface area contributed by atoms with Crippen LogP contribution in [0.15, 0.2) is 84.4 Å². The Morgan fingerprint density at radius 2 is 1.92 bits per heavy atom. The molecule has 7 rings (SSSR count). The molecule has 4 aliphatic heterocycles. The Hall–Kier alpha value is -4.24. The lowest BCUT2D eigenvalue weighted by Crippen LogP contribution is -2.61. The van der Waals surface area contributed by atoms with Crippen molar-refractivity contribution in [2.24, 2.45) is 17.8 Å². The number of rotatable bonds is 3. The van der Waals surface area contributed by atoms with Gasteiger partial charge in [0.15, 0.2) is 0 Å². The second-order valence-electron chi connectivity index (χ2n) is 10.8. The molecule has 7 atom stereocenters. The Balaban J connectivity index is 1.55. The average Bonchev–Trinajstić information content (AvgIpc) is 3.55. The van der Waals surface area contributed by atoms with Gasteiger partial charge in [0.05, 0.1) is 37.1 Å². The second kappa shape index (κ2) is 8.38. The molecule has 2 amide bonds. The lowest BCUT2D eigenvalue weighted by Gasteiger charge is -2.49. The molecule has 1 aromatic carbocycles. The molecule has 0 spiro atoms. The summed E-state index contributed by atoms with van der Waals surface area (Å²) in [5, 5.41) is 14.8. The fraction of sp³-hybridized carbons (Fsp3) is 0.333. The average molecular weight is 525 g/mol. The number of phenols is 1. The molecule has 2 unspecified atom stereocenters. The van der Waals surface area contributed by atoms with Gasteiger partial charge < -0.3 is 15.2 Å². The van der Waals surface area contributed by atoms with Gasteiger partial charge in [-0.15, -0.1) is 0 Å². The van der Waals surface area contributed by atoms with E-state index in [1.807, 2.05) is 29.2 Å². The van der Waals surface area contributed by atoms with Crippen LogP contribution in [0.1, 0.15) is 29.6 Å². The Morgan fingerprint density at radius 3 is 2.67 bits per heavy atom. The molecule has 5 aliphatic rings. The molecule has 2 N–H and O–H groups in total. The van der Waals surface area contributed by atoms with Gasteiger partial charge in [0.25, 0.3) is 0 Å². The fourth-order valence-corrected chi connectivity index (χ4v) is 7.68. The maximum Gasteiger partial charge on any atom is 0.327 e. The number of phenolic OH excluding ortho intramolecular Hbond substituents is 1. The molecular weight excluding hydrogens is 496 g/mol. The van der Waals surface area contributed by atoms with Gasteiger partial charge in [0, 0.05) is 43.0 Å². The smallest absolute Gasteiger partial charge is 0.327 e. The SMILES string of the molecule is COC(=O)[C@]12CC3=C(NC4C=CC=CC34)[C@@H](c3cccnc3)N1[C@H](c1ccccc1O)[C@@H]1C(=O)N(C)C(=O)[C@@H]12. The van der Waals surface area contributed by atoms with Gasteiger partial charge in [0.2, 0.25) is 11.8 Å². The van der Waals surface area contributed by atoms with Crippen molar-refractivity contribution in [2.45, 2.75) is 30.1 Å². The predicted octanol–water partition coefficient (Wildman–Crippen LogP) is 2.40. The zero-order chi connectivity index (χ0) is 27.1. The lowest BCUT2D eigenvalue weighted by atomic mass is 9.70. The van der Waals surface area contributed by atoms with E-state index in [0.717, 1.165) is 21.7 Å². The number of hydrogen-bond donors (Lipinski definition) is 2. The van der Waals surface area contributed by atoms with Crippen molar-refractivity contribution in [3.05, 3.63) is 95.5 Å². The molecule has 1 aliphatic carbocycles. The van der Waals surface area contributed by atoms with E-state index in [-0.39, 0.29) is 30.0 Å². The highest BCUT2D eigenvalue weighted by Gasteiger charge is 2.75. The van der Waals surface area contributed by atoms with Crippen LogP contribution >= 0.6 is 0 Å². The summed E-state index contributed by atoms with van der Waals surface area (Å²) >= 11 is 0. The van der Waals surface area contributed by atoms with Crippen molar-refractivity contribution < 1.29 is 24.2 Å². The fourth-order valence-electron chi connectivity index (χ4n) is 7.68. The van der Waals surface area contributed by atoms with Crippen molar-refractivity contribution >= 4 is 17.8 Å². The molecule has 2 saturated heterocycles. The van der Waals surface area contributed by atoms with Gasteiger partial charge in [-0.1, -0.05) is 48.6 Å². The zero-order valence-electron chi connectivity index (χ0n) is 21.5. The Bertz CT molecular complexity index is 1500. The number of aromatic hydroxyl groups is 1. The molecule has 2 fully saturated rings. The number of pyridine rings is 1. The van der Waals surface area contributed by atoms with Crippen LogP contribution in [0.3, 0.4) is 0 Å². The van der Waals surface area contributed by atoms with E-state index >= 15 is 0 Å². The van der Waals surface area contributed by atoms with Crippen molar-refractivity contribution in [3.63, 3.8) is 0 Å². The van der Waals surface area contributed by atoms with Crippen LogP contribution < -0.4 is 5.32 Å². The first-order valence-electron chi connectivity index (χ1n) is 13.1.